The molecule has 3 aromatic rings. The van der Waals surface area contributed by atoms with Gasteiger partial charge < -0.3 is 10.1 Å². The van der Waals surface area contributed by atoms with Gasteiger partial charge >= 0.3 is 6.18 Å². The zero-order valence-electron chi connectivity index (χ0n) is 14.1. The highest BCUT2D eigenvalue weighted by Gasteiger charge is 2.30. The predicted octanol–water partition coefficient (Wildman–Crippen LogP) is 3.90. The van der Waals surface area contributed by atoms with Crippen molar-refractivity contribution in [3.05, 3.63) is 60.4 Å². The molecule has 1 heterocycles. The number of nitrogens with one attached hydrogen (secondary N) is 2. The van der Waals surface area contributed by atoms with Gasteiger partial charge in [-0.1, -0.05) is 18.2 Å². The molecule has 140 valence electrons. The van der Waals surface area contributed by atoms with Crippen LogP contribution < -0.4 is 10.1 Å². The van der Waals surface area contributed by atoms with Crippen molar-refractivity contribution in [3.63, 3.8) is 0 Å². The molecule has 0 fully saturated rings. The van der Waals surface area contributed by atoms with Crippen LogP contribution in [0.5, 0.6) is 5.75 Å². The van der Waals surface area contributed by atoms with E-state index in [9.17, 15) is 18.0 Å². The van der Waals surface area contributed by atoms with Crippen molar-refractivity contribution in [2.75, 3.05) is 5.32 Å². The number of hydrogen-bond acceptors (Lipinski definition) is 4. The molecule has 27 heavy (non-hydrogen) atoms. The monoisotopic (exact) mass is 376 g/mol. The summed E-state index contributed by atoms with van der Waals surface area (Å²) in [4.78, 5) is 16.3. The molecule has 1 unspecified atom stereocenters. The summed E-state index contributed by atoms with van der Waals surface area (Å²) >= 11 is 0. The third-order valence-electron chi connectivity index (χ3n) is 3.66. The van der Waals surface area contributed by atoms with E-state index >= 15 is 0 Å². The Balaban J connectivity index is 1.67. The number of anilines is 1. The predicted molar refractivity (Wildman–Crippen MR) is 92.0 cm³/mol. The van der Waals surface area contributed by atoms with Gasteiger partial charge in [-0.3, -0.25) is 9.89 Å². The average molecular weight is 376 g/mol. The quantitative estimate of drug-likeness (QED) is 0.708. The number of H-pyrrole nitrogens is 1. The fourth-order valence-corrected chi connectivity index (χ4v) is 2.34. The van der Waals surface area contributed by atoms with Crippen LogP contribution >= 0.6 is 0 Å². The Labute approximate surface area is 152 Å². The molecule has 9 heteroatoms. The summed E-state index contributed by atoms with van der Waals surface area (Å²) in [6.07, 6.45) is -4.11. The molecule has 1 aromatic heterocycles. The van der Waals surface area contributed by atoms with E-state index in [0.717, 1.165) is 17.7 Å². The number of benzene rings is 2. The number of aromatic amines is 1. The van der Waals surface area contributed by atoms with Crippen molar-refractivity contribution in [1.29, 1.82) is 0 Å². The first kappa shape index (κ1) is 18.4. The number of ether oxygens (including phenoxy) is 1. The van der Waals surface area contributed by atoms with Crippen LogP contribution in [0.3, 0.4) is 0 Å². The van der Waals surface area contributed by atoms with E-state index in [1.165, 1.54) is 25.4 Å². The molecule has 0 aliphatic rings. The number of amides is 1. The van der Waals surface area contributed by atoms with E-state index in [4.69, 9.17) is 4.74 Å². The van der Waals surface area contributed by atoms with Crippen molar-refractivity contribution in [2.45, 2.75) is 19.2 Å². The number of nitrogens with zero attached hydrogens (tertiary/aromatic N) is 2. The van der Waals surface area contributed by atoms with Crippen LogP contribution in [-0.2, 0) is 11.0 Å². The van der Waals surface area contributed by atoms with E-state index in [1.54, 1.807) is 24.3 Å². The minimum absolute atomic E-state index is 0.0390. The maximum absolute atomic E-state index is 12.8. The molecule has 1 atom stereocenters. The smallest absolute Gasteiger partial charge is 0.416 e. The Morgan fingerprint density at radius 1 is 1.19 bits per heavy atom. The van der Waals surface area contributed by atoms with Crippen LogP contribution in [0, 0.1) is 0 Å². The summed E-state index contributed by atoms with van der Waals surface area (Å²) in [6.45, 7) is 1.45. The number of hydrogen-bond donors (Lipinski definition) is 2. The second-order valence-electron chi connectivity index (χ2n) is 5.69. The third kappa shape index (κ3) is 4.63. The first-order valence-electron chi connectivity index (χ1n) is 7.93. The van der Waals surface area contributed by atoms with E-state index in [-0.39, 0.29) is 5.75 Å². The molecule has 1 amide bonds. The Morgan fingerprint density at radius 2 is 1.96 bits per heavy atom. The van der Waals surface area contributed by atoms with Crippen molar-refractivity contribution in [2.24, 2.45) is 0 Å². The van der Waals surface area contributed by atoms with E-state index < -0.39 is 23.8 Å². The zero-order chi connectivity index (χ0) is 19.4. The molecule has 2 N–H and O–H groups in total. The van der Waals surface area contributed by atoms with Crippen LogP contribution in [-0.4, -0.2) is 27.2 Å². The topological polar surface area (TPSA) is 79.9 Å². The molecule has 0 saturated carbocycles. The average Bonchev–Trinajstić information content (AvgIpc) is 3.16. The zero-order valence-corrected chi connectivity index (χ0v) is 14.1. The Bertz CT molecular complexity index is 926. The van der Waals surface area contributed by atoms with Gasteiger partial charge in [0.2, 0.25) is 0 Å². The molecule has 0 aliphatic heterocycles. The van der Waals surface area contributed by atoms with Crippen LogP contribution in [0.2, 0.25) is 0 Å². The highest BCUT2D eigenvalue weighted by molar-refractivity contribution is 5.94. The van der Waals surface area contributed by atoms with Crippen molar-refractivity contribution in [3.8, 4) is 17.1 Å². The number of aromatic nitrogens is 3. The normalized spacial score (nSPS) is 12.4. The standard InChI is InChI=1S/C18H15F3N4O2/c1-11(27-15-7-3-5-13(9-15)18(19,20)21)17(26)24-14-6-2-4-12(8-14)16-22-10-23-25-16/h2-11H,1H3,(H,24,26)(H,22,23,25). The lowest BCUT2D eigenvalue weighted by molar-refractivity contribution is -0.137. The van der Waals surface area contributed by atoms with E-state index in [0.29, 0.717) is 11.5 Å². The molecule has 6 nitrogen and oxygen atoms in total. The highest BCUT2D eigenvalue weighted by Crippen LogP contribution is 2.31. The van der Waals surface area contributed by atoms with Crippen molar-refractivity contribution >= 4 is 11.6 Å². The van der Waals surface area contributed by atoms with Crippen LogP contribution in [0.25, 0.3) is 11.4 Å². The molecular formula is C18H15F3N4O2. The lowest BCUT2D eigenvalue weighted by atomic mass is 10.2. The van der Waals surface area contributed by atoms with E-state index in [2.05, 4.69) is 20.5 Å². The number of rotatable bonds is 5. The molecule has 2 aromatic carbocycles. The largest absolute Gasteiger partial charge is 0.481 e. The lowest BCUT2D eigenvalue weighted by Crippen LogP contribution is -2.30. The fraction of sp³-hybridized carbons (Fsp3) is 0.167. The van der Waals surface area contributed by atoms with Gasteiger partial charge in [0, 0.05) is 11.3 Å². The van der Waals surface area contributed by atoms with Gasteiger partial charge in [0.05, 0.1) is 5.56 Å². The molecule has 0 spiro atoms. The summed E-state index contributed by atoms with van der Waals surface area (Å²) in [6, 6.07) is 11.3. The lowest BCUT2D eigenvalue weighted by Gasteiger charge is -2.16. The maximum atomic E-state index is 12.8. The summed E-state index contributed by atoms with van der Waals surface area (Å²) in [7, 11) is 0. The van der Waals surface area contributed by atoms with Gasteiger partial charge in [-0.2, -0.15) is 18.3 Å². The molecule has 0 bridgehead atoms. The number of carbonyl (C=O) groups excluding carboxylic acids is 1. The van der Waals surface area contributed by atoms with Crippen molar-refractivity contribution in [1.82, 2.24) is 15.2 Å². The first-order chi connectivity index (χ1) is 12.8. The highest BCUT2D eigenvalue weighted by atomic mass is 19.4. The summed E-state index contributed by atoms with van der Waals surface area (Å²) in [5.41, 5.74) is 0.373. The minimum Gasteiger partial charge on any atom is -0.481 e. The second-order valence-corrected chi connectivity index (χ2v) is 5.69. The van der Waals surface area contributed by atoms with Gasteiger partial charge in [0.1, 0.15) is 12.1 Å². The Hall–Kier alpha value is -3.36. The minimum atomic E-state index is -4.48. The molecule has 0 aliphatic carbocycles. The summed E-state index contributed by atoms with van der Waals surface area (Å²) in [5, 5.41) is 9.14. The molecule has 0 saturated heterocycles. The number of alkyl halides is 3. The van der Waals surface area contributed by atoms with Gasteiger partial charge in [-0.15, -0.1) is 0 Å². The van der Waals surface area contributed by atoms with Gasteiger partial charge in [0.15, 0.2) is 11.9 Å². The second kappa shape index (κ2) is 7.48. The SMILES string of the molecule is CC(Oc1cccc(C(F)(F)F)c1)C(=O)Nc1cccc(-c2ncn[nH]2)c1. The van der Waals surface area contributed by atoms with Gasteiger partial charge in [-0.25, -0.2) is 4.98 Å². The summed E-state index contributed by atoms with van der Waals surface area (Å²) < 4.78 is 43.6. The molecule has 0 radical (unpaired) electrons. The molecule has 3 rings (SSSR count). The Kier molecular flexibility index (Phi) is 5.11. The summed E-state index contributed by atoms with van der Waals surface area (Å²) in [5.74, 6) is 0.00406. The fourth-order valence-electron chi connectivity index (χ4n) is 2.34. The number of halogens is 3. The van der Waals surface area contributed by atoms with Crippen LogP contribution in [0.1, 0.15) is 12.5 Å². The first-order valence-corrected chi connectivity index (χ1v) is 7.93. The maximum Gasteiger partial charge on any atom is 0.416 e. The third-order valence-corrected chi connectivity index (χ3v) is 3.66. The van der Waals surface area contributed by atoms with Gasteiger partial charge in [-0.05, 0) is 37.3 Å². The van der Waals surface area contributed by atoms with Crippen molar-refractivity contribution < 1.29 is 22.7 Å². The van der Waals surface area contributed by atoms with Crippen LogP contribution in [0.15, 0.2) is 54.9 Å². The van der Waals surface area contributed by atoms with Gasteiger partial charge in [0.25, 0.3) is 5.91 Å². The molecular weight excluding hydrogens is 361 g/mol. The Morgan fingerprint density at radius 3 is 2.67 bits per heavy atom. The number of carbonyl (C=O) groups is 1. The van der Waals surface area contributed by atoms with E-state index in [1.807, 2.05) is 0 Å². The van der Waals surface area contributed by atoms with Crippen LogP contribution in [0.4, 0.5) is 18.9 Å².